The first-order valence-corrected chi connectivity index (χ1v) is 6.87. The zero-order valence-corrected chi connectivity index (χ0v) is 12.0. The summed E-state index contributed by atoms with van der Waals surface area (Å²) in [6, 6.07) is 3.55. The molecule has 2 rings (SSSR count). The summed E-state index contributed by atoms with van der Waals surface area (Å²) in [4.78, 5) is 4.47. The number of hydrogen-bond donors (Lipinski definition) is 1. The van der Waals surface area contributed by atoms with E-state index in [1.165, 1.54) is 0 Å². The molecule has 0 saturated carbocycles. The van der Waals surface area contributed by atoms with Crippen LogP contribution in [0.5, 0.6) is 0 Å². The minimum absolute atomic E-state index is 0.369. The van der Waals surface area contributed by atoms with Gasteiger partial charge in [0.15, 0.2) is 0 Å². The Kier molecular flexibility index (Phi) is 4.28. The van der Waals surface area contributed by atoms with Crippen molar-refractivity contribution in [3.63, 3.8) is 0 Å². The molecular formula is C11H9Cl3N2S. The molecular weight excluding hydrogens is 299 g/mol. The lowest BCUT2D eigenvalue weighted by atomic mass is 10.2. The topological polar surface area (TPSA) is 24.9 Å². The first kappa shape index (κ1) is 13.1. The SMILES string of the molecule is CNCc1nc(-c2ccc(Cl)c(Cl)c2Cl)cs1. The highest BCUT2D eigenvalue weighted by molar-refractivity contribution is 7.09. The monoisotopic (exact) mass is 306 g/mol. The van der Waals surface area contributed by atoms with Gasteiger partial charge >= 0.3 is 0 Å². The van der Waals surface area contributed by atoms with Crippen molar-refractivity contribution in [3.8, 4) is 11.3 Å². The Morgan fingerprint density at radius 1 is 1.24 bits per heavy atom. The highest BCUT2D eigenvalue weighted by Gasteiger charge is 2.12. The van der Waals surface area contributed by atoms with Crippen LogP contribution in [0.3, 0.4) is 0 Å². The van der Waals surface area contributed by atoms with Gasteiger partial charge in [-0.3, -0.25) is 0 Å². The molecule has 0 unspecified atom stereocenters. The van der Waals surface area contributed by atoms with Gasteiger partial charge in [-0.25, -0.2) is 4.98 Å². The van der Waals surface area contributed by atoms with E-state index >= 15 is 0 Å². The lowest BCUT2D eigenvalue weighted by Gasteiger charge is -2.04. The van der Waals surface area contributed by atoms with Crippen molar-refractivity contribution in [1.29, 1.82) is 0 Å². The van der Waals surface area contributed by atoms with Crippen molar-refractivity contribution >= 4 is 46.1 Å². The van der Waals surface area contributed by atoms with Crippen LogP contribution < -0.4 is 5.32 Å². The van der Waals surface area contributed by atoms with E-state index in [0.717, 1.165) is 22.8 Å². The van der Waals surface area contributed by atoms with Crippen molar-refractivity contribution in [2.24, 2.45) is 0 Å². The number of nitrogens with one attached hydrogen (secondary N) is 1. The van der Waals surface area contributed by atoms with Crippen molar-refractivity contribution in [2.45, 2.75) is 6.54 Å². The Morgan fingerprint density at radius 3 is 2.71 bits per heavy atom. The molecule has 0 aliphatic carbocycles. The number of hydrogen-bond acceptors (Lipinski definition) is 3. The van der Waals surface area contributed by atoms with Gasteiger partial charge in [0.05, 0.1) is 20.8 Å². The fourth-order valence-corrected chi connectivity index (χ4v) is 2.83. The number of benzene rings is 1. The molecule has 1 aromatic heterocycles. The molecule has 1 N–H and O–H groups in total. The normalized spacial score (nSPS) is 10.8. The van der Waals surface area contributed by atoms with Gasteiger partial charge in [-0.1, -0.05) is 34.8 Å². The summed E-state index contributed by atoms with van der Waals surface area (Å²) in [7, 11) is 1.88. The molecule has 1 heterocycles. The quantitative estimate of drug-likeness (QED) is 0.845. The molecule has 0 radical (unpaired) electrons. The fraction of sp³-hybridized carbons (Fsp3) is 0.182. The van der Waals surface area contributed by atoms with Gasteiger partial charge in [0.1, 0.15) is 5.01 Å². The van der Waals surface area contributed by atoms with Gasteiger partial charge in [0.25, 0.3) is 0 Å². The average molecular weight is 308 g/mol. The van der Waals surface area contributed by atoms with Crippen LogP contribution in [0.1, 0.15) is 5.01 Å². The molecule has 90 valence electrons. The Morgan fingerprint density at radius 2 is 2.00 bits per heavy atom. The molecule has 2 aromatic rings. The number of aromatic nitrogens is 1. The van der Waals surface area contributed by atoms with Crippen LogP contribution >= 0.6 is 46.1 Å². The zero-order valence-electron chi connectivity index (χ0n) is 8.93. The lowest BCUT2D eigenvalue weighted by molar-refractivity contribution is 0.811. The second-order valence-corrected chi connectivity index (χ2v) is 5.49. The third-order valence-corrected chi connectivity index (χ3v) is 4.33. The van der Waals surface area contributed by atoms with Gasteiger partial charge in [0.2, 0.25) is 0 Å². The Hall–Kier alpha value is -0.320. The van der Waals surface area contributed by atoms with Gasteiger partial charge in [-0.05, 0) is 19.2 Å². The first-order chi connectivity index (χ1) is 8.13. The first-order valence-electron chi connectivity index (χ1n) is 4.86. The second-order valence-electron chi connectivity index (χ2n) is 3.38. The van der Waals surface area contributed by atoms with Crippen LogP contribution in [0.4, 0.5) is 0 Å². The maximum atomic E-state index is 6.15. The molecule has 17 heavy (non-hydrogen) atoms. The highest BCUT2D eigenvalue weighted by Crippen LogP contribution is 2.38. The van der Waals surface area contributed by atoms with Crippen molar-refractivity contribution in [1.82, 2.24) is 10.3 Å². The largest absolute Gasteiger partial charge is 0.314 e. The number of halogens is 3. The van der Waals surface area contributed by atoms with Crippen molar-refractivity contribution in [3.05, 3.63) is 37.6 Å². The molecule has 2 nitrogen and oxygen atoms in total. The van der Waals surface area contributed by atoms with Crippen LogP contribution in [0.15, 0.2) is 17.5 Å². The molecule has 0 aliphatic rings. The standard InChI is InChI=1S/C11H9Cl3N2S/c1-15-4-9-16-8(5-17-9)6-2-3-7(12)11(14)10(6)13/h2-3,5,15H,4H2,1H3. The summed E-state index contributed by atoms with van der Waals surface area (Å²) in [5.41, 5.74) is 1.63. The minimum atomic E-state index is 0.369. The van der Waals surface area contributed by atoms with Crippen LogP contribution in [-0.4, -0.2) is 12.0 Å². The van der Waals surface area contributed by atoms with E-state index in [1.807, 2.05) is 18.5 Å². The maximum Gasteiger partial charge on any atom is 0.107 e. The van der Waals surface area contributed by atoms with Gasteiger partial charge in [-0.2, -0.15) is 0 Å². The van der Waals surface area contributed by atoms with E-state index < -0.39 is 0 Å². The van der Waals surface area contributed by atoms with Gasteiger partial charge < -0.3 is 5.32 Å². The Balaban J connectivity index is 2.42. The summed E-state index contributed by atoms with van der Waals surface area (Å²) < 4.78 is 0. The summed E-state index contributed by atoms with van der Waals surface area (Å²) in [6.45, 7) is 0.740. The molecule has 0 spiro atoms. The third-order valence-electron chi connectivity index (χ3n) is 2.19. The zero-order chi connectivity index (χ0) is 12.4. The van der Waals surface area contributed by atoms with Gasteiger partial charge in [0, 0.05) is 17.5 Å². The van der Waals surface area contributed by atoms with E-state index in [9.17, 15) is 0 Å². The molecule has 0 aliphatic heterocycles. The molecule has 0 amide bonds. The maximum absolute atomic E-state index is 6.15. The summed E-state index contributed by atoms with van der Waals surface area (Å²) in [5.74, 6) is 0. The molecule has 0 atom stereocenters. The van der Waals surface area contributed by atoms with Gasteiger partial charge in [-0.15, -0.1) is 11.3 Å². The van der Waals surface area contributed by atoms with E-state index in [2.05, 4.69) is 10.3 Å². The van der Waals surface area contributed by atoms with E-state index in [4.69, 9.17) is 34.8 Å². The van der Waals surface area contributed by atoms with Crippen LogP contribution in [0.25, 0.3) is 11.3 Å². The Bertz CT molecular complexity index is 540. The fourth-order valence-electron chi connectivity index (χ4n) is 1.39. The predicted octanol–water partition coefficient (Wildman–Crippen LogP) is 4.49. The smallest absolute Gasteiger partial charge is 0.107 e. The molecule has 0 saturated heterocycles. The third kappa shape index (κ3) is 2.75. The highest BCUT2D eigenvalue weighted by atomic mass is 35.5. The number of rotatable bonds is 3. The summed E-state index contributed by atoms with van der Waals surface area (Å²) >= 11 is 19.6. The molecule has 1 aromatic carbocycles. The number of thiazole rings is 1. The second kappa shape index (κ2) is 5.55. The van der Waals surface area contributed by atoms with E-state index in [0.29, 0.717) is 15.1 Å². The van der Waals surface area contributed by atoms with Crippen LogP contribution in [-0.2, 0) is 6.54 Å². The summed E-state index contributed by atoms with van der Waals surface area (Å²) in [5, 5.41) is 7.28. The lowest BCUT2D eigenvalue weighted by Crippen LogP contribution is -2.04. The number of nitrogens with zero attached hydrogens (tertiary/aromatic N) is 1. The van der Waals surface area contributed by atoms with Crippen molar-refractivity contribution in [2.75, 3.05) is 7.05 Å². The van der Waals surface area contributed by atoms with Crippen LogP contribution in [0, 0.1) is 0 Å². The van der Waals surface area contributed by atoms with E-state index in [-0.39, 0.29) is 0 Å². The molecule has 0 bridgehead atoms. The molecule has 0 fully saturated rings. The van der Waals surface area contributed by atoms with Crippen LogP contribution in [0.2, 0.25) is 15.1 Å². The molecule has 6 heteroatoms. The predicted molar refractivity (Wildman–Crippen MR) is 75.3 cm³/mol. The Labute approximate surface area is 119 Å². The van der Waals surface area contributed by atoms with Crippen molar-refractivity contribution < 1.29 is 0 Å². The average Bonchev–Trinajstić information content (AvgIpc) is 2.75. The minimum Gasteiger partial charge on any atom is -0.314 e. The summed E-state index contributed by atoms with van der Waals surface area (Å²) in [6.07, 6.45) is 0. The van der Waals surface area contributed by atoms with E-state index in [1.54, 1.807) is 17.4 Å².